The van der Waals surface area contributed by atoms with Crippen LogP contribution in [0.3, 0.4) is 0 Å². The SMILES string of the molecule is CC(=O)N(CC(=O)NCc1cccc(C)c1)c1cccc(C(F)(F)F)c1. The minimum absolute atomic E-state index is 0.0260. The molecule has 1 N–H and O–H groups in total. The zero-order valence-electron chi connectivity index (χ0n) is 14.4. The van der Waals surface area contributed by atoms with Crippen LogP contribution in [-0.2, 0) is 22.3 Å². The third-order valence-electron chi connectivity index (χ3n) is 3.74. The van der Waals surface area contributed by atoms with Gasteiger partial charge in [-0.1, -0.05) is 35.9 Å². The van der Waals surface area contributed by atoms with E-state index in [2.05, 4.69) is 5.32 Å². The van der Waals surface area contributed by atoms with Crippen molar-refractivity contribution >= 4 is 17.5 Å². The van der Waals surface area contributed by atoms with Crippen LogP contribution in [0.25, 0.3) is 0 Å². The van der Waals surface area contributed by atoms with Crippen molar-refractivity contribution in [2.45, 2.75) is 26.6 Å². The summed E-state index contributed by atoms with van der Waals surface area (Å²) < 4.78 is 38.6. The molecule has 2 aromatic rings. The van der Waals surface area contributed by atoms with Crippen molar-refractivity contribution in [3.63, 3.8) is 0 Å². The van der Waals surface area contributed by atoms with Gasteiger partial charge in [0, 0.05) is 19.2 Å². The predicted octanol–water partition coefficient (Wildman–Crippen LogP) is 3.68. The van der Waals surface area contributed by atoms with E-state index in [0.29, 0.717) is 0 Å². The van der Waals surface area contributed by atoms with E-state index < -0.39 is 23.6 Å². The first kappa shape index (κ1) is 19.5. The van der Waals surface area contributed by atoms with Crippen molar-refractivity contribution in [1.29, 1.82) is 0 Å². The molecule has 0 unspecified atom stereocenters. The number of alkyl halides is 3. The van der Waals surface area contributed by atoms with Crippen LogP contribution in [0.15, 0.2) is 48.5 Å². The number of rotatable bonds is 5. The molecule has 2 amide bonds. The first-order chi connectivity index (χ1) is 12.2. The number of hydrogen-bond donors (Lipinski definition) is 1. The summed E-state index contributed by atoms with van der Waals surface area (Å²) in [6, 6.07) is 11.9. The Morgan fingerprint density at radius 3 is 2.38 bits per heavy atom. The minimum atomic E-state index is -4.52. The molecule has 0 bridgehead atoms. The fraction of sp³-hybridized carbons (Fsp3) is 0.263. The van der Waals surface area contributed by atoms with E-state index in [1.165, 1.54) is 19.1 Å². The third kappa shape index (κ3) is 5.34. The molecule has 7 heteroatoms. The van der Waals surface area contributed by atoms with E-state index in [9.17, 15) is 22.8 Å². The Kier molecular flexibility index (Phi) is 6.02. The molecule has 0 aliphatic rings. The molecule has 0 aromatic heterocycles. The topological polar surface area (TPSA) is 49.4 Å². The Bertz CT molecular complexity index is 803. The van der Waals surface area contributed by atoms with Crippen molar-refractivity contribution in [1.82, 2.24) is 5.32 Å². The molecule has 4 nitrogen and oxygen atoms in total. The van der Waals surface area contributed by atoms with Gasteiger partial charge in [0.1, 0.15) is 6.54 Å². The summed E-state index contributed by atoms with van der Waals surface area (Å²) in [5.74, 6) is -0.978. The monoisotopic (exact) mass is 364 g/mol. The Morgan fingerprint density at radius 1 is 1.08 bits per heavy atom. The Labute approximate surface area is 149 Å². The molecule has 0 atom stereocenters. The predicted molar refractivity (Wildman–Crippen MR) is 92.5 cm³/mol. The van der Waals surface area contributed by atoms with Crippen LogP contribution in [-0.4, -0.2) is 18.4 Å². The number of anilines is 1. The molecule has 0 saturated carbocycles. The highest BCUT2D eigenvalue weighted by Gasteiger charge is 2.31. The molecular weight excluding hydrogens is 345 g/mol. The number of nitrogens with zero attached hydrogens (tertiary/aromatic N) is 1. The third-order valence-corrected chi connectivity index (χ3v) is 3.74. The summed E-state index contributed by atoms with van der Waals surface area (Å²) in [5.41, 5.74) is 1.09. The number of hydrogen-bond acceptors (Lipinski definition) is 2. The van der Waals surface area contributed by atoms with Gasteiger partial charge < -0.3 is 10.2 Å². The second kappa shape index (κ2) is 8.03. The van der Waals surface area contributed by atoms with Gasteiger partial charge in [-0.25, -0.2) is 0 Å². The highest BCUT2D eigenvalue weighted by molar-refractivity contribution is 5.97. The first-order valence-corrected chi connectivity index (χ1v) is 7.94. The van der Waals surface area contributed by atoms with Gasteiger partial charge in [0.05, 0.1) is 5.56 Å². The summed E-state index contributed by atoms with van der Waals surface area (Å²) in [7, 11) is 0. The van der Waals surface area contributed by atoms with Crippen molar-refractivity contribution in [2.24, 2.45) is 0 Å². The van der Waals surface area contributed by atoms with Gasteiger partial charge in [-0.05, 0) is 30.7 Å². The Balaban J connectivity index is 2.08. The molecule has 0 heterocycles. The number of aryl methyl sites for hydroxylation is 1. The van der Waals surface area contributed by atoms with Gasteiger partial charge in [0.2, 0.25) is 11.8 Å². The second-order valence-electron chi connectivity index (χ2n) is 5.92. The van der Waals surface area contributed by atoms with Gasteiger partial charge in [-0.2, -0.15) is 13.2 Å². The number of benzene rings is 2. The van der Waals surface area contributed by atoms with Crippen LogP contribution < -0.4 is 10.2 Å². The lowest BCUT2D eigenvalue weighted by molar-refractivity contribution is -0.137. The second-order valence-corrected chi connectivity index (χ2v) is 5.92. The lowest BCUT2D eigenvalue weighted by Crippen LogP contribution is -2.39. The zero-order valence-corrected chi connectivity index (χ0v) is 14.4. The average molecular weight is 364 g/mol. The normalized spacial score (nSPS) is 11.1. The van der Waals surface area contributed by atoms with Crippen molar-refractivity contribution in [3.05, 3.63) is 65.2 Å². The van der Waals surface area contributed by atoms with Gasteiger partial charge in [-0.3, -0.25) is 9.59 Å². The molecule has 0 aliphatic heterocycles. The maximum atomic E-state index is 12.9. The van der Waals surface area contributed by atoms with Crippen LogP contribution in [0, 0.1) is 6.92 Å². The van der Waals surface area contributed by atoms with Crippen LogP contribution in [0.2, 0.25) is 0 Å². The number of nitrogens with one attached hydrogen (secondary N) is 1. The highest BCUT2D eigenvalue weighted by Crippen LogP contribution is 2.31. The average Bonchev–Trinajstić information content (AvgIpc) is 2.57. The lowest BCUT2D eigenvalue weighted by atomic mass is 10.1. The standard InChI is InChI=1S/C19H19F3N2O2/c1-13-5-3-6-15(9-13)11-23-18(26)12-24(14(2)25)17-8-4-7-16(10-17)19(20,21)22/h3-10H,11-12H2,1-2H3,(H,23,26). The minimum Gasteiger partial charge on any atom is -0.350 e. The number of amides is 2. The van der Waals surface area contributed by atoms with Gasteiger partial charge in [0.15, 0.2) is 0 Å². The fourth-order valence-electron chi connectivity index (χ4n) is 2.46. The molecule has 138 valence electrons. The van der Waals surface area contributed by atoms with Crippen LogP contribution >= 0.6 is 0 Å². The van der Waals surface area contributed by atoms with E-state index >= 15 is 0 Å². The fourth-order valence-corrected chi connectivity index (χ4v) is 2.46. The van der Waals surface area contributed by atoms with E-state index in [0.717, 1.165) is 28.2 Å². The quantitative estimate of drug-likeness (QED) is 0.880. The molecule has 2 aromatic carbocycles. The lowest BCUT2D eigenvalue weighted by Gasteiger charge is -2.21. The number of carbonyl (C=O) groups is 2. The summed E-state index contributed by atoms with van der Waals surface area (Å²) >= 11 is 0. The molecule has 0 aliphatic carbocycles. The van der Waals surface area contributed by atoms with E-state index in [-0.39, 0.29) is 18.8 Å². The van der Waals surface area contributed by atoms with Crippen molar-refractivity contribution < 1.29 is 22.8 Å². The molecule has 2 rings (SSSR count). The largest absolute Gasteiger partial charge is 0.416 e. The van der Waals surface area contributed by atoms with Gasteiger partial charge in [-0.15, -0.1) is 0 Å². The Hall–Kier alpha value is -2.83. The number of halogens is 3. The number of carbonyl (C=O) groups excluding carboxylic acids is 2. The van der Waals surface area contributed by atoms with Crippen LogP contribution in [0.4, 0.5) is 18.9 Å². The highest BCUT2D eigenvalue weighted by atomic mass is 19.4. The summed E-state index contributed by atoms with van der Waals surface area (Å²) in [6.07, 6.45) is -4.52. The molecular formula is C19H19F3N2O2. The van der Waals surface area contributed by atoms with E-state index in [1.807, 2.05) is 31.2 Å². The van der Waals surface area contributed by atoms with Gasteiger partial charge >= 0.3 is 6.18 Å². The van der Waals surface area contributed by atoms with E-state index in [4.69, 9.17) is 0 Å². The van der Waals surface area contributed by atoms with Crippen molar-refractivity contribution in [3.8, 4) is 0 Å². The maximum Gasteiger partial charge on any atom is 0.416 e. The van der Waals surface area contributed by atoms with Gasteiger partial charge in [0.25, 0.3) is 0 Å². The Morgan fingerprint density at radius 2 is 1.77 bits per heavy atom. The zero-order chi connectivity index (χ0) is 19.3. The molecule has 0 radical (unpaired) electrons. The van der Waals surface area contributed by atoms with Crippen molar-refractivity contribution in [2.75, 3.05) is 11.4 Å². The van der Waals surface area contributed by atoms with E-state index in [1.54, 1.807) is 0 Å². The molecule has 26 heavy (non-hydrogen) atoms. The summed E-state index contributed by atoms with van der Waals surface area (Å²) in [4.78, 5) is 25.0. The molecule has 0 saturated heterocycles. The summed E-state index contributed by atoms with van der Waals surface area (Å²) in [5, 5.41) is 2.67. The smallest absolute Gasteiger partial charge is 0.350 e. The molecule has 0 spiro atoms. The van der Waals surface area contributed by atoms with Crippen LogP contribution in [0.1, 0.15) is 23.6 Å². The molecule has 0 fully saturated rings. The maximum absolute atomic E-state index is 12.9. The first-order valence-electron chi connectivity index (χ1n) is 7.94. The van der Waals surface area contributed by atoms with Crippen LogP contribution in [0.5, 0.6) is 0 Å². The summed E-state index contributed by atoms with van der Waals surface area (Å²) in [6.45, 7) is 3.04.